The monoisotopic (exact) mass is 250 g/mol. The average Bonchev–Trinajstić information content (AvgIpc) is 2.43. The highest BCUT2D eigenvalue weighted by Crippen LogP contribution is 2.14. The van der Waals surface area contributed by atoms with E-state index in [1.54, 1.807) is 24.3 Å². The minimum absolute atomic E-state index is 0.321. The number of hydrogen-bond donors (Lipinski definition) is 0. The zero-order valence-electron chi connectivity index (χ0n) is 11.4. The van der Waals surface area contributed by atoms with Crippen molar-refractivity contribution in [3.8, 4) is 5.75 Å². The van der Waals surface area contributed by atoms with Gasteiger partial charge >= 0.3 is 5.97 Å². The van der Waals surface area contributed by atoms with Crippen LogP contribution in [0.15, 0.2) is 24.3 Å². The summed E-state index contributed by atoms with van der Waals surface area (Å²) in [6.07, 6.45) is 3.47. The zero-order chi connectivity index (χ0) is 13.4. The predicted molar refractivity (Wildman–Crippen MR) is 72.0 cm³/mol. The Kier molecular flexibility index (Phi) is 6.26. The second-order valence-electron chi connectivity index (χ2n) is 4.52. The first kappa shape index (κ1) is 14.6. The third kappa shape index (κ3) is 4.78. The Labute approximate surface area is 109 Å². The molecule has 0 bridgehead atoms. The smallest absolute Gasteiger partial charge is 0.337 e. The quantitative estimate of drug-likeness (QED) is 0.547. The Morgan fingerprint density at radius 2 is 1.94 bits per heavy atom. The molecule has 0 amide bonds. The highest BCUT2D eigenvalue weighted by atomic mass is 16.5. The van der Waals surface area contributed by atoms with Gasteiger partial charge in [-0.3, -0.25) is 0 Å². The molecule has 1 atom stereocenters. The van der Waals surface area contributed by atoms with Gasteiger partial charge in [0.25, 0.3) is 0 Å². The molecule has 0 aromatic heterocycles. The van der Waals surface area contributed by atoms with Gasteiger partial charge in [-0.1, -0.05) is 20.3 Å². The lowest BCUT2D eigenvalue weighted by Crippen LogP contribution is -2.02. The standard InChI is InChI=1S/C15H22O3/c1-4-12(2)6-5-11-18-14-9-7-13(8-10-14)15(16)17-3/h7-10,12H,4-6,11H2,1-3H3. The number of methoxy groups -OCH3 is 1. The molecule has 0 saturated heterocycles. The van der Waals surface area contributed by atoms with Crippen molar-refractivity contribution >= 4 is 5.97 Å². The molecule has 0 N–H and O–H groups in total. The maximum Gasteiger partial charge on any atom is 0.337 e. The van der Waals surface area contributed by atoms with Crippen LogP contribution in [0, 0.1) is 5.92 Å². The van der Waals surface area contributed by atoms with Gasteiger partial charge in [-0.05, 0) is 43.0 Å². The minimum atomic E-state index is -0.321. The SMILES string of the molecule is CCC(C)CCCOc1ccc(C(=O)OC)cc1. The molecule has 1 rings (SSSR count). The summed E-state index contributed by atoms with van der Waals surface area (Å²) in [6, 6.07) is 7.04. The Morgan fingerprint density at radius 1 is 1.28 bits per heavy atom. The molecule has 1 aromatic rings. The fourth-order valence-electron chi connectivity index (χ4n) is 1.63. The van der Waals surface area contributed by atoms with Crippen molar-refractivity contribution in [2.75, 3.05) is 13.7 Å². The van der Waals surface area contributed by atoms with Gasteiger partial charge in [0.05, 0.1) is 19.3 Å². The van der Waals surface area contributed by atoms with Gasteiger partial charge in [-0.25, -0.2) is 4.79 Å². The van der Waals surface area contributed by atoms with E-state index in [-0.39, 0.29) is 5.97 Å². The van der Waals surface area contributed by atoms with Gasteiger partial charge < -0.3 is 9.47 Å². The lowest BCUT2D eigenvalue weighted by molar-refractivity contribution is 0.0600. The van der Waals surface area contributed by atoms with E-state index in [4.69, 9.17) is 4.74 Å². The first-order chi connectivity index (χ1) is 8.67. The maximum atomic E-state index is 11.2. The van der Waals surface area contributed by atoms with Gasteiger partial charge in [-0.15, -0.1) is 0 Å². The van der Waals surface area contributed by atoms with E-state index in [2.05, 4.69) is 18.6 Å². The number of benzene rings is 1. The van der Waals surface area contributed by atoms with E-state index in [1.165, 1.54) is 20.0 Å². The van der Waals surface area contributed by atoms with Crippen LogP contribution in [0.1, 0.15) is 43.5 Å². The second-order valence-corrected chi connectivity index (χ2v) is 4.52. The molecule has 1 unspecified atom stereocenters. The normalized spacial score (nSPS) is 11.9. The van der Waals surface area contributed by atoms with E-state index >= 15 is 0 Å². The second kappa shape index (κ2) is 7.75. The summed E-state index contributed by atoms with van der Waals surface area (Å²) in [5, 5.41) is 0. The summed E-state index contributed by atoms with van der Waals surface area (Å²) < 4.78 is 10.3. The van der Waals surface area contributed by atoms with E-state index in [9.17, 15) is 4.79 Å². The molecular weight excluding hydrogens is 228 g/mol. The molecule has 0 aliphatic heterocycles. The van der Waals surface area contributed by atoms with Crippen LogP contribution in [-0.2, 0) is 4.74 Å². The third-order valence-electron chi connectivity index (χ3n) is 3.08. The summed E-state index contributed by atoms with van der Waals surface area (Å²) in [5.41, 5.74) is 0.546. The van der Waals surface area contributed by atoms with E-state index in [0.29, 0.717) is 5.56 Å². The molecule has 0 spiro atoms. The van der Waals surface area contributed by atoms with Gasteiger partial charge in [0.1, 0.15) is 5.75 Å². The average molecular weight is 250 g/mol. The fourth-order valence-corrected chi connectivity index (χ4v) is 1.63. The highest BCUT2D eigenvalue weighted by molar-refractivity contribution is 5.89. The predicted octanol–water partition coefficient (Wildman–Crippen LogP) is 3.68. The maximum absolute atomic E-state index is 11.2. The van der Waals surface area contributed by atoms with Gasteiger partial charge in [0.15, 0.2) is 0 Å². The van der Waals surface area contributed by atoms with Crippen molar-refractivity contribution in [2.45, 2.75) is 33.1 Å². The summed E-state index contributed by atoms with van der Waals surface area (Å²) in [5.74, 6) is 1.24. The molecule has 0 aliphatic rings. The van der Waals surface area contributed by atoms with Crippen molar-refractivity contribution in [2.24, 2.45) is 5.92 Å². The number of rotatable bonds is 7. The van der Waals surface area contributed by atoms with Crippen molar-refractivity contribution in [1.29, 1.82) is 0 Å². The van der Waals surface area contributed by atoms with Crippen LogP contribution in [-0.4, -0.2) is 19.7 Å². The summed E-state index contributed by atoms with van der Waals surface area (Å²) >= 11 is 0. The lowest BCUT2D eigenvalue weighted by Gasteiger charge is -2.09. The molecule has 3 nitrogen and oxygen atoms in total. The fraction of sp³-hybridized carbons (Fsp3) is 0.533. The number of esters is 1. The van der Waals surface area contributed by atoms with Crippen molar-refractivity contribution in [3.05, 3.63) is 29.8 Å². The number of carbonyl (C=O) groups is 1. The van der Waals surface area contributed by atoms with Gasteiger partial charge in [-0.2, -0.15) is 0 Å². The Hall–Kier alpha value is -1.51. The Morgan fingerprint density at radius 3 is 2.50 bits per heavy atom. The Balaban J connectivity index is 2.33. The van der Waals surface area contributed by atoms with Crippen LogP contribution in [0.4, 0.5) is 0 Å². The summed E-state index contributed by atoms with van der Waals surface area (Å²) in [6.45, 7) is 5.18. The lowest BCUT2D eigenvalue weighted by atomic mass is 10.0. The first-order valence-electron chi connectivity index (χ1n) is 6.48. The van der Waals surface area contributed by atoms with Gasteiger partial charge in [0.2, 0.25) is 0 Å². The van der Waals surface area contributed by atoms with Crippen LogP contribution >= 0.6 is 0 Å². The molecule has 100 valence electrons. The molecular formula is C15H22O3. The van der Waals surface area contributed by atoms with E-state index in [1.807, 2.05) is 0 Å². The van der Waals surface area contributed by atoms with E-state index in [0.717, 1.165) is 24.7 Å². The molecule has 0 fully saturated rings. The zero-order valence-corrected chi connectivity index (χ0v) is 11.4. The molecule has 3 heteroatoms. The number of ether oxygens (including phenoxy) is 2. The van der Waals surface area contributed by atoms with E-state index < -0.39 is 0 Å². The summed E-state index contributed by atoms with van der Waals surface area (Å²) in [7, 11) is 1.38. The molecule has 0 radical (unpaired) electrons. The summed E-state index contributed by atoms with van der Waals surface area (Å²) in [4.78, 5) is 11.2. The Bertz CT molecular complexity index is 357. The number of hydrogen-bond acceptors (Lipinski definition) is 3. The molecule has 1 aromatic carbocycles. The van der Waals surface area contributed by atoms with Crippen molar-refractivity contribution in [1.82, 2.24) is 0 Å². The topological polar surface area (TPSA) is 35.5 Å². The van der Waals surface area contributed by atoms with Crippen molar-refractivity contribution in [3.63, 3.8) is 0 Å². The third-order valence-corrected chi connectivity index (χ3v) is 3.08. The largest absolute Gasteiger partial charge is 0.494 e. The van der Waals surface area contributed by atoms with Gasteiger partial charge in [0, 0.05) is 0 Å². The molecule has 18 heavy (non-hydrogen) atoms. The molecule has 0 heterocycles. The van der Waals surface area contributed by atoms with Crippen LogP contribution in [0.25, 0.3) is 0 Å². The van der Waals surface area contributed by atoms with Crippen LogP contribution in [0.5, 0.6) is 5.75 Å². The minimum Gasteiger partial charge on any atom is -0.494 e. The van der Waals surface area contributed by atoms with Crippen LogP contribution in [0.3, 0.4) is 0 Å². The highest BCUT2D eigenvalue weighted by Gasteiger charge is 2.04. The first-order valence-corrected chi connectivity index (χ1v) is 6.48. The van der Waals surface area contributed by atoms with Crippen LogP contribution < -0.4 is 4.74 Å². The molecule has 0 aliphatic carbocycles. The molecule has 0 saturated carbocycles. The van der Waals surface area contributed by atoms with Crippen molar-refractivity contribution < 1.29 is 14.3 Å². The number of carbonyl (C=O) groups excluding carboxylic acids is 1. The van der Waals surface area contributed by atoms with Crippen LogP contribution in [0.2, 0.25) is 0 Å².